The molecule has 2 N–H and O–H groups in total. The lowest BCUT2D eigenvalue weighted by molar-refractivity contribution is 0.219. The van der Waals surface area contributed by atoms with Crippen LogP contribution >= 0.6 is 0 Å². The van der Waals surface area contributed by atoms with Gasteiger partial charge in [0.2, 0.25) is 0 Å². The molecular formula is C24H52N2. The minimum Gasteiger partial charge on any atom is -0.252 e. The summed E-state index contributed by atoms with van der Waals surface area (Å²) in [4.78, 5) is 0. The van der Waals surface area contributed by atoms with E-state index in [1.807, 2.05) is 0 Å². The van der Waals surface area contributed by atoms with Crippen molar-refractivity contribution in [3.8, 4) is 0 Å². The highest BCUT2D eigenvalue weighted by molar-refractivity contribution is 4.81. The van der Waals surface area contributed by atoms with Crippen LogP contribution in [0.2, 0.25) is 0 Å². The predicted molar refractivity (Wildman–Crippen MR) is 120 cm³/mol. The summed E-state index contributed by atoms with van der Waals surface area (Å²) in [5, 5.41) is 0. The molecule has 0 radical (unpaired) electrons. The van der Waals surface area contributed by atoms with Gasteiger partial charge in [0.25, 0.3) is 0 Å². The molecular weight excluding hydrogens is 316 g/mol. The van der Waals surface area contributed by atoms with Crippen LogP contribution in [0.25, 0.3) is 0 Å². The Hall–Kier alpha value is -0.0800. The van der Waals surface area contributed by atoms with Crippen LogP contribution in [0.15, 0.2) is 0 Å². The second-order valence-electron chi connectivity index (χ2n) is 9.76. The first kappa shape index (κ1) is 25.9. The summed E-state index contributed by atoms with van der Waals surface area (Å²) >= 11 is 0. The van der Waals surface area contributed by atoms with Gasteiger partial charge in [0.1, 0.15) is 0 Å². The van der Waals surface area contributed by atoms with Crippen molar-refractivity contribution >= 4 is 0 Å². The average molecular weight is 369 g/mol. The predicted octanol–water partition coefficient (Wildman–Crippen LogP) is 7.92. The summed E-state index contributed by atoms with van der Waals surface area (Å²) in [7, 11) is 0. The van der Waals surface area contributed by atoms with Gasteiger partial charge in [-0.2, -0.15) is 0 Å². The Labute approximate surface area is 166 Å². The van der Waals surface area contributed by atoms with E-state index in [1.54, 1.807) is 0 Å². The van der Waals surface area contributed by atoms with E-state index >= 15 is 0 Å². The first-order valence-electron chi connectivity index (χ1n) is 11.9. The summed E-state index contributed by atoms with van der Waals surface area (Å²) < 4.78 is 0. The highest BCUT2D eigenvalue weighted by atomic mass is 15.4. The van der Waals surface area contributed by atoms with E-state index in [0.29, 0.717) is 0 Å². The molecule has 2 heteroatoms. The van der Waals surface area contributed by atoms with Gasteiger partial charge in [0, 0.05) is 11.1 Å². The fraction of sp³-hybridized carbons (Fsp3) is 1.00. The minimum atomic E-state index is 0.181. The summed E-state index contributed by atoms with van der Waals surface area (Å²) in [6.45, 7) is 13.9. The van der Waals surface area contributed by atoms with Gasteiger partial charge in [-0.15, -0.1) is 0 Å². The van der Waals surface area contributed by atoms with E-state index in [9.17, 15) is 0 Å². The molecule has 0 unspecified atom stereocenters. The van der Waals surface area contributed by atoms with Crippen molar-refractivity contribution < 1.29 is 0 Å². The van der Waals surface area contributed by atoms with Gasteiger partial charge in [-0.05, 0) is 40.5 Å². The maximum Gasteiger partial charge on any atom is 0.0267 e. The number of hydrogen-bond donors (Lipinski definition) is 2. The van der Waals surface area contributed by atoms with Crippen molar-refractivity contribution in [3.05, 3.63) is 0 Å². The monoisotopic (exact) mass is 368 g/mol. The third-order valence-corrected chi connectivity index (χ3v) is 5.55. The molecule has 0 aromatic rings. The molecule has 0 aromatic carbocycles. The fourth-order valence-corrected chi connectivity index (χ4v) is 3.51. The van der Waals surface area contributed by atoms with Gasteiger partial charge < -0.3 is 0 Å². The molecule has 0 aliphatic rings. The number of hydrogen-bond acceptors (Lipinski definition) is 2. The maximum absolute atomic E-state index is 3.63. The van der Waals surface area contributed by atoms with Crippen LogP contribution in [0.4, 0.5) is 0 Å². The molecule has 0 saturated carbocycles. The quantitative estimate of drug-likeness (QED) is 0.179. The standard InChI is InChI=1S/C24H52N2/c1-7-9-11-13-15-17-19-21-23(3,4)25-26-24(5,6)22-20-18-16-14-12-10-8-2/h25-26H,7-22H2,1-6H3. The van der Waals surface area contributed by atoms with E-state index in [0.717, 1.165) is 0 Å². The summed E-state index contributed by atoms with van der Waals surface area (Å²) in [5.41, 5.74) is 7.62. The van der Waals surface area contributed by atoms with Gasteiger partial charge in [0.15, 0.2) is 0 Å². The molecule has 0 spiro atoms. The first-order chi connectivity index (χ1) is 12.3. The number of rotatable bonds is 19. The topological polar surface area (TPSA) is 24.1 Å². The summed E-state index contributed by atoms with van der Waals surface area (Å²) in [6, 6.07) is 0. The largest absolute Gasteiger partial charge is 0.252 e. The molecule has 158 valence electrons. The lowest BCUT2D eigenvalue weighted by atomic mass is 9.95. The van der Waals surface area contributed by atoms with Crippen LogP contribution in [0, 0.1) is 0 Å². The number of unbranched alkanes of at least 4 members (excludes halogenated alkanes) is 12. The Kier molecular flexibility index (Phi) is 15.9. The average Bonchev–Trinajstić information content (AvgIpc) is 2.59. The molecule has 0 heterocycles. The van der Waals surface area contributed by atoms with Gasteiger partial charge in [-0.3, -0.25) is 10.9 Å². The van der Waals surface area contributed by atoms with Gasteiger partial charge in [0.05, 0.1) is 0 Å². The van der Waals surface area contributed by atoms with Gasteiger partial charge >= 0.3 is 0 Å². The maximum atomic E-state index is 3.63. The molecule has 0 aromatic heterocycles. The van der Waals surface area contributed by atoms with Crippen LogP contribution in [-0.4, -0.2) is 11.1 Å². The van der Waals surface area contributed by atoms with Crippen LogP contribution in [0.3, 0.4) is 0 Å². The molecule has 26 heavy (non-hydrogen) atoms. The number of nitrogens with one attached hydrogen (secondary N) is 2. The smallest absolute Gasteiger partial charge is 0.0267 e. The molecule has 0 rings (SSSR count). The SMILES string of the molecule is CCCCCCCCCC(C)(C)NNC(C)(C)CCCCCCCCC. The van der Waals surface area contributed by atoms with Crippen molar-refractivity contribution in [1.82, 2.24) is 10.9 Å². The zero-order valence-electron chi connectivity index (χ0n) is 19.3. The molecule has 0 saturated heterocycles. The molecule has 2 nitrogen and oxygen atoms in total. The zero-order chi connectivity index (χ0) is 19.7. The third kappa shape index (κ3) is 17.3. The fourth-order valence-electron chi connectivity index (χ4n) is 3.51. The van der Waals surface area contributed by atoms with E-state index in [2.05, 4.69) is 52.4 Å². The highest BCUT2D eigenvalue weighted by Crippen LogP contribution is 2.18. The molecule has 0 bridgehead atoms. The van der Waals surface area contributed by atoms with Crippen molar-refractivity contribution in [1.29, 1.82) is 0 Å². The second kappa shape index (κ2) is 15.9. The van der Waals surface area contributed by atoms with Crippen LogP contribution in [0.1, 0.15) is 144 Å². The summed E-state index contributed by atoms with van der Waals surface area (Å²) in [5.74, 6) is 0. The third-order valence-electron chi connectivity index (χ3n) is 5.55. The summed E-state index contributed by atoms with van der Waals surface area (Å²) in [6.07, 6.45) is 22.0. The van der Waals surface area contributed by atoms with E-state index < -0.39 is 0 Å². The number of hydrazine groups is 1. The molecule has 0 aliphatic heterocycles. The van der Waals surface area contributed by atoms with Crippen LogP contribution in [0.5, 0.6) is 0 Å². The Morgan fingerprint density at radius 3 is 1.00 bits per heavy atom. The molecule has 0 amide bonds. The van der Waals surface area contributed by atoms with E-state index in [1.165, 1.54) is 103 Å². The van der Waals surface area contributed by atoms with Crippen molar-refractivity contribution in [3.63, 3.8) is 0 Å². The Morgan fingerprint density at radius 1 is 0.423 bits per heavy atom. The molecule has 0 fully saturated rings. The van der Waals surface area contributed by atoms with Crippen molar-refractivity contribution in [2.75, 3.05) is 0 Å². The molecule has 0 aliphatic carbocycles. The van der Waals surface area contributed by atoms with Crippen molar-refractivity contribution in [2.24, 2.45) is 0 Å². The lowest BCUT2D eigenvalue weighted by Gasteiger charge is -2.34. The van der Waals surface area contributed by atoms with E-state index in [-0.39, 0.29) is 11.1 Å². The normalized spacial score (nSPS) is 12.7. The Morgan fingerprint density at radius 2 is 0.692 bits per heavy atom. The van der Waals surface area contributed by atoms with Crippen LogP contribution in [-0.2, 0) is 0 Å². The van der Waals surface area contributed by atoms with E-state index in [4.69, 9.17) is 0 Å². The zero-order valence-corrected chi connectivity index (χ0v) is 19.3. The highest BCUT2D eigenvalue weighted by Gasteiger charge is 2.22. The minimum absolute atomic E-state index is 0.181. The Bertz CT molecular complexity index is 267. The van der Waals surface area contributed by atoms with Gasteiger partial charge in [-0.25, -0.2) is 0 Å². The van der Waals surface area contributed by atoms with Crippen LogP contribution < -0.4 is 10.9 Å². The van der Waals surface area contributed by atoms with Crippen molar-refractivity contribution in [2.45, 2.75) is 155 Å². The Balaban J connectivity index is 3.72. The first-order valence-corrected chi connectivity index (χ1v) is 11.9. The lowest BCUT2D eigenvalue weighted by Crippen LogP contribution is -2.56. The van der Waals surface area contributed by atoms with Gasteiger partial charge in [-0.1, -0.05) is 104 Å². The second-order valence-corrected chi connectivity index (χ2v) is 9.76. The molecule has 0 atom stereocenters.